The Balaban J connectivity index is 0.747. The smallest absolute Gasteiger partial charge is 0.237 e. The van der Waals surface area contributed by atoms with Crippen LogP contribution in [0.1, 0.15) is 46.7 Å². The zero-order valence-electron chi connectivity index (χ0n) is 31.5. The maximum absolute atomic E-state index is 15.4. The highest BCUT2D eigenvalue weighted by molar-refractivity contribution is 6.01. The number of hydrogen-bond acceptors (Lipinski definition) is 11. The zero-order chi connectivity index (χ0) is 38.3. The molecule has 56 heavy (non-hydrogen) atoms. The molecule has 2 aromatic carbocycles. The van der Waals surface area contributed by atoms with Crippen LogP contribution >= 0.6 is 0 Å². The number of halogens is 1. The van der Waals surface area contributed by atoms with Crippen molar-refractivity contribution >= 4 is 46.3 Å². The van der Waals surface area contributed by atoms with Gasteiger partial charge in [0.15, 0.2) is 0 Å². The molecule has 5 aliphatic rings. The molecule has 7 heterocycles. The standard InChI is InChI=1S/C42H46FN9O4/c1-26-36(22-45-42-40(26)44-13-19-56-42)51-14-12-28-5-10-37(47-35(28)25-51)46-30-6-2-29(34(43)21-30)20-39(54)50-17-15-49(16-18-50)32-23-52(24-32)31-7-3-27(4-8-31)33-9-11-38(53)48-41(33)55/h2-8,10,21-22,32-33,44H,9,11-20,23-25H2,1H3,(H,46,47)(H,48,53,55). The van der Waals surface area contributed by atoms with Gasteiger partial charge in [-0.2, -0.15) is 0 Å². The van der Waals surface area contributed by atoms with E-state index in [1.54, 1.807) is 12.1 Å². The highest BCUT2D eigenvalue weighted by atomic mass is 19.1. The first-order valence-corrected chi connectivity index (χ1v) is 19.6. The number of benzene rings is 2. The molecule has 0 saturated carbocycles. The first-order valence-electron chi connectivity index (χ1n) is 19.6. The second-order valence-electron chi connectivity index (χ2n) is 15.4. The summed E-state index contributed by atoms with van der Waals surface area (Å²) in [6.45, 7) is 9.55. The van der Waals surface area contributed by atoms with Gasteiger partial charge in [-0.15, -0.1) is 0 Å². The normalized spacial score (nSPS) is 20.0. The van der Waals surface area contributed by atoms with Crippen LogP contribution < -0.4 is 30.5 Å². The summed E-state index contributed by atoms with van der Waals surface area (Å²) in [4.78, 5) is 55.4. The van der Waals surface area contributed by atoms with Crippen molar-refractivity contribution in [1.82, 2.24) is 25.1 Å². The molecule has 3 amide bonds. The number of pyridine rings is 2. The van der Waals surface area contributed by atoms with Crippen molar-refractivity contribution in [2.45, 2.75) is 51.1 Å². The summed E-state index contributed by atoms with van der Waals surface area (Å²) in [5.41, 5.74) is 8.29. The Kier molecular flexibility index (Phi) is 9.66. The molecule has 4 aromatic rings. The molecular weight excluding hydrogens is 714 g/mol. The van der Waals surface area contributed by atoms with Crippen LogP contribution in [0.25, 0.3) is 0 Å². The Morgan fingerprint density at radius 2 is 1.80 bits per heavy atom. The van der Waals surface area contributed by atoms with E-state index < -0.39 is 5.82 Å². The number of nitrogens with one attached hydrogen (secondary N) is 3. The number of imide groups is 1. The topological polar surface area (TPSA) is 135 Å². The predicted molar refractivity (Wildman–Crippen MR) is 211 cm³/mol. The number of piperidine rings is 1. The molecular formula is C42H46FN9O4. The monoisotopic (exact) mass is 759 g/mol. The second kappa shape index (κ2) is 15.1. The fraction of sp³-hybridized carbons (Fsp3) is 0.405. The van der Waals surface area contributed by atoms with E-state index in [1.165, 1.54) is 11.6 Å². The molecule has 2 aromatic heterocycles. The van der Waals surface area contributed by atoms with Crippen molar-refractivity contribution in [3.8, 4) is 5.88 Å². The highest BCUT2D eigenvalue weighted by Crippen LogP contribution is 2.37. The van der Waals surface area contributed by atoms with Gasteiger partial charge < -0.3 is 30.1 Å². The molecule has 0 spiro atoms. The fourth-order valence-electron chi connectivity index (χ4n) is 8.57. The molecule has 3 N–H and O–H groups in total. The molecule has 3 saturated heterocycles. The third kappa shape index (κ3) is 7.20. The molecule has 0 aliphatic carbocycles. The van der Waals surface area contributed by atoms with E-state index in [1.807, 2.05) is 29.3 Å². The molecule has 1 atom stereocenters. The fourth-order valence-corrected chi connectivity index (χ4v) is 8.57. The number of rotatable bonds is 8. The van der Waals surface area contributed by atoms with Gasteiger partial charge in [-0.25, -0.2) is 14.4 Å². The van der Waals surface area contributed by atoms with E-state index in [0.717, 1.165) is 79.6 Å². The quantitative estimate of drug-likeness (QED) is 0.224. The number of ether oxygens (including phenoxy) is 1. The number of carbonyl (C=O) groups excluding carboxylic acids is 3. The first-order chi connectivity index (χ1) is 27.3. The molecule has 1 unspecified atom stereocenters. The van der Waals surface area contributed by atoms with E-state index in [0.29, 0.717) is 68.1 Å². The summed E-state index contributed by atoms with van der Waals surface area (Å²) in [6, 6.07) is 17.4. The van der Waals surface area contributed by atoms with Crippen LogP contribution in [0.2, 0.25) is 0 Å². The van der Waals surface area contributed by atoms with Crippen LogP contribution in [0, 0.1) is 12.7 Å². The van der Waals surface area contributed by atoms with E-state index in [9.17, 15) is 14.4 Å². The van der Waals surface area contributed by atoms with Gasteiger partial charge >= 0.3 is 0 Å². The Labute approximate surface area is 325 Å². The van der Waals surface area contributed by atoms with E-state index in [2.05, 4.69) is 60.8 Å². The van der Waals surface area contributed by atoms with Crippen LogP contribution in [-0.2, 0) is 33.8 Å². The van der Waals surface area contributed by atoms with Crippen molar-refractivity contribution in [1.29, 1.82) is 0 Å². The second-order valence-corrected chi connectivity index (χ2v) is 15.4. The number of nitrogens with zero attached hydrogens (tertiary/aromatic N) is 6. The first kappa shape index (κ1) is 35.9. The van der Waals surface area contributed by atoms with Crippen LogP contribution in [0.5, 0.6) is 5.88 Å². The molecule has 13 nitrogen and oxygen atoms in total. The molecule has 0 radical (unpaired) electrons. The van der Waals surface area contributed by atoms with Crippen LogP contribution in [0.3, 0.4) is 0 Å². The van der Waals surface area contributed by atoms with Crippen molar-refractivity contribution < 1.29 is 23.5 Å². The van der Waals surface area contributed by atoms with Gasteiger partial charge in [0.05, 0.1) is 36.5 Å². The third-order valence-electron chi connectivity index (χ3n) is 11.9. The summed E-state index contributed by atoms with van der Waals surface area (Å²) < 4.78 is 21.1. The minimum Gasteiger partial charge on any atom is -0.474 e. The van der Waals surface area contributed by atoms with Crippen LogP contribution in [-0.4, -0.2) is 102 Å². The number of hydrogen-bond donors (Lipinski definition) is 3. The number of aromatic nitrogens is 2. The summed E-state index contributed by atoms with van der Waals surface area (Å²) in [6.07, 6.45) is 3.67. The van der Waals surface area contributed by atoms with Gasteiger partial charge in [0, 0.05) is 81.8 Å². The van der Waals surface area contributed by atoms with E-state index >= 15 is 4.39 Å². The van der Waals surface area contributed by atoms with Gasteiger partial charge in [0.25, 0.3) is 0 Å². The maximum atomic E-state index is 15.4. The van der Waals surface area contributed by atoms with Gasteiger partial charge in [0.1, 0.15) is 23.9 Å². The lowest BCUT2D eigenvalue weighted by molar-refractivity contribution is -0.134. The molecule has 290 valence electrons. The molecule has 0 bridgehead atoms. The lowest BCUT2D eigenvalue weighted by Crippen LogP contribution is -2.63. The average molecular weight is 760 g/mol. The summed E-state index contributed by atoms with van der Waals surface area (Å²) in [5, 5.41) is 9.12. The summed E-state index contributed by atoms with van der Waals surface area (Å²) in [7, 11) is 0. The summed E-state index contributed by atoms with van der Waals surface area (Å²) in [5.74, 6) is 0.0997. The number of fused-ring (bicyclic) bond motifs is 2. The summed E-state index contributed by atoms with van der Waals surface area (Å²) >= 11 is 0. The van der Waals surface area contributed by atoms with Gasteiger partial charge in [-0.05, 0) is 66.8 Å². The average Bonchev–Trinajstić information content (AvgIpc) is 3.19. The van der Waals surface area contributed by atoms with Crippen molar-refractivity contribution in [2.24, 2.45) is 0 Å². The van der Waals surface area contributed by atoms with E-state index in [4.69, 9.17) is 9.72 Å². The van der Waals surface area contributed by atoms with Gasteiger partial charge in [0.2, 0.25) is 23.6 Å². The maximum Gasteiger partial charge on any atom is 0.237 e. The number of anilines is 5. The van der Waals surface area contributed by atoms with Gasteiger partial charge in [-0.3, -0.25) is 24.6 Å². The molecule has 3 fully saturated rings. The van der Waals surface area contributed by atoms with Crippen LogP contribution in [0.4, 0.5) is 33.0 Å². The SMILES string of the molecule is Cc1c(N2CCc3ccc(Nc4ccc(CC(=O)N5CCN(C6CN(c7ccc(C8CCC(=O)NC8=O)cc7)C6)CC5)c(F)c4)nc3C2)cnc2c1NCCO2. The lowest BCUT2D eigenvalue weighted by Gasteiger charge is -2.49. The molecule has 5 aliphatic heterocycles. The highest BCUT2D eigenvalue weighted by Gasteiger charge is 2.35. The number of amides is 3. The van der Waals surface area contributed by atoms with E-state index in [-0.39, 0.29) is 30.1 Å². The molecule has 14 heteroatoms. The van der Waals surface area contributed by atoms with Crippen molar-refractivity contribution in [2.75, 3.05) is 79.4 Å². The largest absolute Gasteiger partial charge is 0.474 e. The zero-order valence-corrected chi connectivity index (χ0v) is 31.5. The third-order valence-corrected chi connectivity index (χ3v) is 11.9. The van der Waals surface area contributed by atoms with Crippen molar-refractivity contribution in [3.63, 3.8) is 0 Å². The molecule has 9 rings (SSSR count). The number of carbonyl (C=O) groups is 3. The predicted octanol–water partition coefficient (Wildman–Crippen LogP) is 4.13. The Hall–Kier alpha value is -5.76. The number of piperazine rings is 1. The lowest BCUT2D eigenvalue weighted by atomic mass is 9.90. The van der Waals surface area contributed by atoms with Crippen molar-refractivity contribution in [3.05, 3.63) is 94.6 Å². The Bertz CT molecular complexity index is 2170. The minimum atomic E-state index is -0.418. The minimum absolute atomic E-state index is 0.0175. The Morgan fingerprint density at radius 1 is 0.982 bits per heavy atom. The van der Waals surface area contributed by atoms with Gasteiger partial charge in [-0.1, -0.05) is 24.3 Å². The Morgan fingerprint density at radius 3 is 2.59 bits per heavy atom. The van der Waals surface area contributed by atoms with Crippen LogP contribution in [0.15, 0.2) is 60.8 Å².